The molecule has 34 heavy (non-hydrogen) atoms. The summed E-state index contributed by atoms with van der Waals surface area (Å²) in [6, 6.07) is -0.725. The average Bonchev–Trinajstić information content (AvgIpc) is 2.80. The number of carbonyl (C=O) groups is 3. The van der Waals surface area contributed by atoms with Gasteiger partial charge in [-0.1, -0.05) is 0 Å². The van der Waals surface area contributed by atoms with Crippen LogP contribution in [0.25, 0.3) is 0 Å². The third kappa shape index (κ3) is 23.5. The molecule has 0 heterocycles. The Morgan fingerprint density at radius 1 is 0.676 bits per heavy atom. The van der Waals surface area contributed by atoms with Crippen molar-refractivity contribution < 1.29 is 47.9 Å². The van der Waals surface area contributed by atoms with Gasteiger partial charge in [0.05, 0.1) is 79.3 Å². The van der Waals surface area contributed by atoms with Crippen molar-refractivity contribution in [2.75, 3.05) is 92.9 Å². The van der Waals surface area contributed by atoms with Crippen LogP contribution in [0.3, 0.4) is 0 Å². The maximum atomic E-state index is 11.6. The van der Waals surface area contributed by atoms with Crippen molar-refractivity contribution >= 4 is 17.7 Å². The monoisotopic (exact) mass is 494 g/mol. The summed E-state index contributed by atoms with van der Waals surface area (Å²) in [5.74, 6) is -1.06. The highest BCUT2D eigenvalue weighted by Crippen LogP contribution is 1.97. The van der Waals surface area contributed by atoms with Crippen LogP contribution < -0.4 is 10.6 Å². The minimum Gasteiger partial charge on any atom is -0.480 e. The number of Topliss-reactive ketones (excluding diaryl/α,β-unsaturated/α-hetero) is 1. The molecule has 0 aromatic carbocycles. The number of carboxylic acids is 1. The lowest BCUT2D eigenvalue weighted by atomic mass is 10.1. The summed E-state index contributed by atoms with van der Waals surface area (Å²) < 4.78 is 32.1. The van der Waals surface area contributed by atoms with E-state index in [1.807, 2.05) is 0 Å². The summed E-state index contributed by atoms with van der Waals surface area (Å²) in [5, 5.41) is 14.2. The number of carbonyl (C=O) groups excluding carboxylic acids is 2. The quantitative estimate of drug-likeness (QED) is 0.135. The van der Waals surface area contributed by atoms with Crippen LogP contribution >= 0.6 is 0 Å². The summed E-state index contributed by atoms with van der Waals surface area (Å²) in [4.78, 5) is 33.2. The topological polar surface area (TPSA) is 151 Å². The molecule has 1 amide bonds. The molecule has 0 saturated carbocycles. The molecule has 12 heteroatoms. The fourth-order valence-corrected chi connectivity index (χ4v) is 2.44. The number of aliphatic carboxylic acids is 1. The molecule has 1 atom stereocenters. The minimum atomic E-state index is -0.972. The molecule has 0 aliphatic heterocycles. The molecule has 0 spiro atoms. The number of carboxylic acid groups (broad SMARTS) is 1. The summed E-state index contributed by atoms with van der Waals surface area (Å²) in [5.41, 5.74) is 0. The van der Waals surface area contributed by atoms with Crippen molar-refractivity contribution in [3.8, 4) is 0 Å². The van der Waals surface area contributed by atoms with E-state index in [0.717, 1.165) is 0 Å². The Balaban J connectivity index is 3.21. The lowest BCUT2D eigenvalue weighted by Crippen LogP contribution is -2.36. The van der Waals surface area contributed by atoms with E-state index in [1.165, 1.54) is 6.92 Å². The fourth-order valence-electron chi connectivity index (χ4n) is 2.44. The van der Waals surface area contributed by atoms with E-state index in [2.05, 4.69) is 10.6 Å². The maximum Gasteiger partial charge on any atom is 0.320 e. The van der Waals surface area contributed by atoms with E-state index in [4.69, 9.17) is 33.5 Å². The van der Waals surface area contributed by atoms with E-state index in [1.54, 1.807) is 7.05 Å². The molecule has 12 nitrogen and oxygen atoms in total. The summed E-state index contributed by atoms with van der Waals surface area (Å²) in [6.07, 6.45) is 0.801. The standard InChI is InChI=1S/C22H42N2O10/c1-19(25)5-7-29-9-11-31-13-15-33-17-18-34-16-14-32-12-10-30-8-6-24-21(26)4-3-20(23-2)22(27)28/h20,23H,3-18H2,1-2H3,(H,24,26)(H,27,28)/t20-/m0/s1. The first-order chi connectivity index (χ1) is 16.5. The highest BCUT2D eigenvalue weighted by molar-refractivity contribution is 5.78. The molecule has 200 valence electrons. The van der Waals surface area contributed by atoms with Crippen LogP contribution in [0.2, 0.25) is 0 Å². The van der Waals surface area contributed by atoms with Gasteiger partial charge in [0.2, 0.25) is 5.91 Å². The molecule has 0 bridgehead atoms. The first kappa shape index (κ1) is 32.3. The van der Waals surface area contributed by atoms with E-state index in [9.17, 15) is 14.4 Å². The van der Waals surface area contributed by atoms with Crippen molar-refractivity contribution in [1.82, 2.24) is 10.6 Å². The van der Waals surface area contributed by atoms with Gasteiger partial charge in [0, 0.05) is 19.4 Å². The van der Waals surface area contributed by atoms with Gasteiger partial charge in [-0.2, -0.15) is 0 Å². The summed E-state index contributed by atoms with van der Waals surface area (Å²) in [7, 11) is 1.55. The molecule has 3 N–H and O–H groups in total. The molecule has 0 aromatic heterocycles. The molecular formula is C22H42N2O10. The molecule has 0 radical (unpaired) electrons. The van der Waals surface area contributed by atoms with Gasteiger partial charge in [-0.25, -0.2) is 0 Å². The number of ether oxygens (including phenoxy) is 6. The number of ketones is 1. The Labute approximate surface area is 201 Å². The summed E-state index contributed by atoms with van der Waals surface area (Å²) >= 11 is 0. The molecule has 0 aliphatic rings. The first-order valence-corrected chi connectivity index (χ1v) is 11.6. The van der Waals surface area contributed by atoms with E-state index < -0.39 is 12.0 Å². The predicted octanol–water partition coefficient (Wildman–Crippen LogP) is -0.366. The molecule has 0 unspecified atom stereocenters. The van der Waals surface area contributed by atoms with Gasteiger partial charge < -0.3 is 44.2 Å². The van der Waals surface area contributed by atoms with E-state index >= 15 is 0 Å². The zero-order chi connectivity index (χ0) is 25.3. The van der Waals surface area contributed by atoms with Crippen LogP contribution in [0.4, 0.5) is 0 Å². The van der Waals surface area contributed by atoms with Gasteiger partial charge in [0.1, 0.15) is 11.8 Å². The van der Waals surface area contributed by atoms with Crippen molar-refractivity contribution in [2.24, 2.45) is 0 Å². The number of likely N-dealkylation sites (N-methyl/N-ethyl adjacent to an activating group) is 1. The minimum absolute atomic E-state index is 0.115. The molecule has 0 fully saturated rings. The van der Waals surface area contributed by atoms with Crippen molar-refractivity contribution in [2.45, 2.75) is 32.2 Å². The lowest BCUT2D eigenvalue weighted by molar-refractivity contribution is -0.139. The Morgan fingerprint density at radius 2 is 1.09 bits per heavy atom. The molecule has 0 aromatic rings. The predicted molar refractivity (Wildman–Crippen MR) is 123 cm³/mol. The van der Waals surface area contributed by atoms with Gasteiger partial charge >= 0.3 is 5.97 Å². The van der Waals surface area contributed by atoms with Gasteiger partial charge in [-0.05, 0) is 20.4 Å². The second-order valence-corrected chi connectivity index (χ2v) is 7.19. The first-order valence-electron chi connectivity index (χ1n) is 11.6. The Kier molecular flexibility index (Phi) is 23.3. The van der Waals surface area contributed by atoms with Crippen LogP contribution in [0.15, 0.2) is 0 Å². The van der Waals surface area contributed by atoms with E-state index in [0.29, 0.717) is 92.2 Å². The smallest absolute Gasteiger partial charge is 0.320 e. The van der Waals surface area contributed by atoms with E-state index in [-0.39, 0.29) is 24.5 Å². The number of rotatable bonds is 26. The normalized spacial score (nSPS) is 11.9. The highest BCUT2D eigenvalue weighted by Gasteiger charge is 2.15. The maximum absolute atomic E-state index is 11.6. The fraction of sp³-hybridized carbons (Fsp3) is 0.864. The van der Waals surface area contributed by atoms with Crippen LogP contribution in [-0.2, 0) is 42.8 Å². The lowest BCUT2D eigenvalue weighted by Gasteiger charge is -2.11. The van der Waals surface area contributed by atoms with Crippen LogP contribution in [0, 0.1) is 0 Å². The zero-order valence-electron chi connectivity index (χ0n) is 20.5. The van der Waals surface area contributed by atoms with Crippen LogP contribution in [-0.4, -0.2) is 122 Å². The number of hydrogen-bond donors (Lipinski definition) is 3. The Hall–Kier alpha value is -1.67. The van der Waals surface area contributed by atoms with Crippen molar-refractivity contribution in [1.29, 1.82) is 0 Å². The van der Waals surface area contributed by atoms with Crippen molar-refractivity contribution in [3.63, 3.8) is 0 Å². The third-order valence-electron chi connectivity index (χ3n) is 4.33. The van der Waals surface area contributed by atoms with Gasteiger partial charge in [0.25, 0.3) is 0 Å². The van der Waals surface area contributed by atoms with Crippen LogP contribution in [0.1, 0.15) is 26.2 Å². The number of nitrogens with one attached hydrogen (secondary N) is 2. The SMILES string of the molecule is CN[C@@H](CCC(=O)NCCOCCOCCOCCOCCOCCOCCC(C)=O)C(=O)O. The molecular weight excluding hydrogens is 452 g/mol. The van der Waals surface area contributed by atoms with Crippen molar-refractivity contribution in [3.05, 3.63) is 0 Å². The Bertz CT molecular complexity index is 522. The zero-order valence-corrected chi connectivity index (χ0v) is 20.5. The number of amides is 1. The second kappa shape index (κ2) is 24.5. The second-order valence-electron chi connectivity index (χ2n) is 7.19. The van der Waals surface area contributed by atoms with Crippen LogP contribution in [0.5, 0.6) is 0 Å². The molecule has 0 aliphatic carbocycles. The van der Waals surface area contributed by atoms with Gasteiger partial charge in [0.15, 0.2) is 0 Å². The molecule has 0 saturated heterocycles. The Morgan fingerprint density at radius 3 is 1.47 bits per heavy atom. The molecule has 0 rings (SSSR count). The largest absolute Gasteiger partial charge is 0.480 e. The third-order valence-corrected chi connectivity index (χ3v) is 4.33. The van der Waals surface area contributed by atoms with Gasteiger partial charge in [-0.3, -0.25) is 14.4 Å². The number of hydrogen-bond acceptors (Lipinski definition) is 10. The summed E-state index contributed by atoms with van der Waals surface area (Å²) in [6.45, 7) is 7.24. The highest BCUT2D eigenvalue weighted by atomic mass is 16.6. The average molecular weight is 495 g/mol. The van der Waals surface area contributed by atoms with Gasteiger partial charge in [-0.15, -0.1) is 0 Å².